The molecule has 1 aromatic rings. The van der Waals surface area contributed by atoms with E-state index in [9.17, 15) is 0 Å². The molecular weight excluding hydrogens is 286 g/mol. The fourth-order valence-corrected chi connectivity index (χ4v) is 4.26. The molecule has 1 N–H and O–H groups in total. The highest BCUT2D eigenvalue weighted by atomic mass is 16.5. The summed E-state index contributed by atoms with van der Waals surface area (Å²) in [7, 11) is 0. The van der Waals surface area contributed by atoms with Gasteiger partial charge in [-0.2, -0.15) is 0 Å². The highest BCUT2D eigenvalue weighted by Crippen LogP contribution is 2.22. The van der Waals surface area contributed by atoms with Crippen molar-refractivity contribution in [1.29, 1.82) is 0 Å². The van der Waals surface area contributed by atoms with Crippen molar-refractivity contribution in [2.45, 2.75) is 44.4 Å². The second-order valence-corrected chi connectivity index (χ2v) is 7.37. The van der Waals surface area contributed by atoms with E-state index >= 15 is 0 Å². The van der Waals surface area contributed by atoms with Crippen molar-refractivity contribution in [2.75, 3.05) is 39.4 Å². The van der Waals surface area contributed by atoms with Gasteiger partial charge in [0, 0.05) is 51.4 Å². The average molecular weight is 315 g/mol. The molecule has 3 heterocycles. The molecule has 23 heavy (non-hydrogen) atoms. The molecule has 2 atom stereocenters. The summed E-state index contributed by atoms with van der Waals surface area (Å²) >= 11 is 0. The normalized spacial score (nSPS) is 29.6. The number of likely N-dealkylation sites (tertiary alicyclic amines) is 1. The number of benzene rings is 1. The molecule has 2 bridgehead atoms. The molecule has 0 amide bonds. The average Bonchev–Trinajstić information content (AvgIpc) is 2.91. The zero-order valence-electron chi connectivity index (χ0n) is 14.0. The van der Waals surface area contributed by atoms with Gasteiger partial charge in [-0.15, -0.1) is 0 Å². The molecule has 3 aliphatic rings. The van der Waals surface area contributed by atoms with Crippen LogP contribution in [0, 0.1) is 0 Å². The topological polar surface area (TPSA) is 27.7 Å². The summed E-state index contributed by atoms with van der Waals surface area (Å²) in [5, 5.41) is 3.77. The minimum absolute atomic E-state index is 0.721. The van der Waals surface area contributed by atoms with E-state index in [1.54, 1.807) is 0 Å². The molecule has 126 valence electrons. The molecule has 0 radical (unpaired) electrons. The van der Waals surface area contributed by atoms with Crippen LogP contribution in [0.2, 0.25) is 0 Å². The van der Waals surface area contributed by atoms with Crippen LogP contribution in [0.3, 0.4) is 0 Å². The first-order valence-electron chi connectivity index (χ1n) is 9.21. The Bertz CT molecular complexity index is 515. The van der Waals surface area contributed by atoms with Gasteiger partial charge in [-0.25, -0.2) is 0 Å². The molecule has 0 unspecified atom stereocenters. The van der Waals surface area contributed by atoms with Crippen LogP contribution in [0.1, 0.15) is 30.4 Å². The molecule has 4 heteroatoms. The molecule has 3 fully saturated rings. The van der Waals surface area contributed by atoms with Crippen molar-refractivity contribution < 1.29 is 4.74 Å². The molecule has 4 rings (SSSR count). The highest BCUT2D eigenvalue weighted by molar-refractivity contribution is 5.23. The lowest BCUT2D eigenvalue weighted by molar-refractivity contribution is 0.0342. The van der Waals surface area contributed by atoms with Crippen LogP contribution < -0.4 is 5.32 Å². The Kier molecular flexibility index (Phi) is 4.95. The summed E-state index contributed by atoms with van der Waals surface area (Å²) in [5.74, 6) is 0. The molecule has 3 aliphatic heterocycles. The van der Waals surface area contributed by atoms with Gasteiger partial charge >= 0.3 is 0 Å². The van der Waals surface area contributed by atoms with Crippen LogP contribution >= 0.6 is 0 Å². The number of ether oxygens (including phenoxy) is 1. The van der Waals surface area contributed by atoms with Crippen molar-refractivity contribution in [3.8, 4) is 0 Å². The van der Waals surface area contributed by atoms with Gasteiger partial charge in [0.05, 0.1) is 13.2 Å². The quantitative estimate of drug-likeness (QED) is 0.918. The van der Waals surface area contributed by atoms with Gasteiger partial charge < -0.3 is 10.1 Å². The van der Waals surface area contributed by atoms with Crippen LogP contribution in [0.4, 0.5) is 0 Å². The Morgan fingerprint density at radius 3 is 2.48 bits per heavy atom. The van der Waals surface area contributed by atoms with Crippen molar-refractivity contribution in [2.24, 2.45) is 0 Å². The van der Waals surface area contributed by atoms with Gasteiger partial charge in [-0.05, 0) is 30.4 Å². The lowest BCUT2D eigenvalue weighted by atomic mass is 10.1. The van der Waals surface area contributed by atoms with Crippen LogP contribution in [0.25, 0.3) is 0 Å². The van der Waals surface area contributed by atoms with Gasteiger partial charge in [-0.1, -0.05) is 24.3 Å². The number of nitrogens with one attached hydrogen (secondary N) is 1. The predicted octanol–water partition coefficient (Wildman–Crippen LogP) is 1.85. The Morgan fingerprint density at radius 2 is 1.65 bits per heavy atom. The zero-order chi connectivity index (χ0) is 15.5. The smallest absolute Gasteiger partial charge is 0.0594 e. The first-order chi connectivity index (χ1) is 11.3. The fourth-order valence-electron chi connectivity index (χ4n) is 4.26. The van der Waals surface area contributed by atoms with Crippen LogP contribution in [0.15, 0.2) is 24.3 Å². The predicted molar refractivity (Wildman–Crippen MR) is 92.4 cm³/mol. The first-order valence-corrected chi connectivity index (χ1v) is 9.21. The van der Waals surface area contributed by atoms with Crippen molar-refractivity contribution in [1.82, 2.24) is 15.1 Å². The summed E-state index contributed by atoms with van der Waals surface area (Å²) in [5.41, 5.74) is 2.91. The third kappa shape index (κ3) is 4.13. The number of hydrogen-bond acceptors (Lipinski definition) is 4. The molecular formula is C19H29N3O. The second-order valence-electron chi connectivity index (χ2n) is 7.37. The van der Waals surface area contributed by atoms with Gasteiger partial charge in [0.15, 0.2) is 0 Å². The minimum atomic E-state index is 0.721. The third-order valence-electron chi connectivity index (χ3n) is 5.51. The number of hydrogen-bond donors (Lipinski definition) is 1. The van der Waals surface area contributed by atoms with Gasteiger partial charge in [0.2, 0.25) is 0 Å². The molecule has 1 aromatic carbocycles. The van der Waals surface area contributed by atoms with E-state index in [-0.39, 0.29) is 0 Å². The zero-order valence-corrected chi connectivity index (χ0v) is 14.0. The number of fused-ring (bicyclic) bond motifs is 2. The molecule has 0 aliphatic carbocycles. The lowest BCUT2D eigenvalue weighted by Crippen LogP contribution is -2.36. The van der Waals surface area contributed by atoms with E-state index in [1.165, 1.54) is 43.5 Å². The summed E-state index contributed by atoms with van der Waals surface area (Å²) in [6, 6.07) is 10.7. The Labute approximate surface area is 139 Å². The minimum Gasteiger partial charge on any atom is -0.379 e. The van der Waals surface area contributed by atoms with E-state index < -0.39 is 0 Å². The fraction of sp³-hybridized carbons (Fsp3) is 0.684. The van der Waals surface area contributed by atoms with E-state index in [2.05, 4.69) is 39.4 Å². The van der Waals surface area contributed by atoms with Gasteiger partial charge in [0.25, 0.3) is 0 Å². The van der Waals surface area contributed by atoms with Crippen molar-refractivity contribution >= 4 is 0 Å². The van der Waals surface area contributed by atoms with E-state index in [4.69, 9.17) is 4.74 Å². The summed E-state index contributed by atoms with van der Waals surface area (Å²) in [4.78, 5) is 5.14. The van der Waals surface area contributed by atoms with Crippen molar-refractivity contribution in [3.63, 3.8) is 0 Å². The number of morpholine rings is 1. The van der Waals surface area contributed by atoms with Gasteiger partial charge in [0.1, 0.15) is 0 Å². The van der Waals surface area contributed by atoms with Crippen LogP contribution in [-0.2, 0) is 17.8 Å². The summed E-state index contributed by atoms with van der Waals surface area (Å²) in [6.45, 7) is 8.49. The molecule has 0 saturated carbocycles. The molecule has 0 aromatic heterocycles. The standard InChI is InChI=1S/C19H29N3O/c1-2-16(13-21-8-10-23-11-9-21)12-17(3-1)14-22-7-6-18-4-5-19(15-22)20-18/h1-3,12,18-20H,4-11,13-15H2/t18-,19+/m1/s1. The van der Waals surface area contributed by atoms with E-state index in [1.807, 2.05) is 0 Å². The Hall–Kier alpha value is -0.940. The summed E-state index contributed by atoms with van der Waals surface area (Å²) < 4.78 is 5.44. The monoisotopic (exact) mass is 315 g/mol. The maximum Gasteiger partial charge on any atom is 0.0594 e. The Balaban J connectivity index is 1.36. The van der Waals surface area contributed by atoms with Gasteiger partial charge in [-0.3, -0.25) is 9.80 Å². The largest absolute Gasteiger partial charge is 0.379 e. The number of rotatable bonds is 4. The SMILES string of the molecule is c1cc(CN2CCOCC2)cc(CN2CC[C@H]3CC[C@@H](C2)N3)c1. The first kappa shape index (κ1) is 15.6. The number of nitrogens with zero attached hydrogens (tertiary/aromatic N) is 2. The maximum absolute atomic E-state index is 5.44. The van der Waals surface area contributed by atoms with E-state index in [0.717, 1.165) is 51.5 Å². The summed E-state index contributed by atoms with van der Waals surface area (Å²) in [6.07, 6.45) is 4.05. The Morgan fingerprint density at radius 1 is 0.913 bits per heavy atom. The van der Waals surface area contributed by atoms with E-state index in [0.29, 0.717) is 0 Å². The molecule has 4 nitrogen and oxygen atoms in total. The highest BCUT2D eigenvalue weighted by Gasteiger charge is 2.29. The van der Waals surface area contributed by atoms with Crippen LogP contribution in [-0.4, -0.2) is 61.3 Å². The lowest BCUT2D eigenvalue weighted by Gasteiger charge is -2.27. The molecule has 0 spiro atoms. The molecule has 3 saturated heterocycles. The maximum atomic E-state index is 5.44. The van der Waals surface area contributed by atoms with Crippen LogP contribution in [0.5, 0.6) is 0 Å². The second kappa shape index (κ2) is 7.31. The third-order valence-corrected chi connectivity index (χ3v) is 5.51. The van der Waals surface area contributed by atoms with Crippen molar-refractivity contribution in [3.05, 3.63) is 35.4 Å².